The predicted octanol–water partition coefficient (Wildman–Crippen LogP) is 3.50. The van der Waals surface area contributed by atoms with Crippen molar-refractivity contribution in [3.05, 3.63) is 15.6 Å². The zero-order chi connectivity index (χ0) is 11.9. The van der Waals surface area contributed by atoms with Crippen LogP contribution < -0.4 is 0 Å². The summed E-state index contributed by atoms with van der Waals surface area (Å²) in [4.78, 5) is 17.1. The van der Waals surface area contributed by atoms with E-state index in [1.165, 1.54) is 17.0 Å². The average molecular weight is 237 g/mol. The molecule has 88 valence electrons. The molecule has 0 N–H and O–H groups in total. The zero-order valence-corrected chi connectivity index (χ0v) is 11.3. The number of aryl methyl sites for hydroxylation is 1. The third-order valence-corrected chi connectivity index (χ3v) is 4.69. The van der Waals surface area contributed by atoms with Crippen LogP contribution in [-0.4, -0.2) is 10.8 Å². The van der Waals surface area contributed by atoms with Crippen molar-refractivity contribution in [1.82, 2.24) is 4.98 Å². The molecule has 0 aromatic carbocycles. The van der Waals surface area contributed by atoms with Gasteiger partial charge >= 0.3 is 0 Å². The molecule has 0 radical (unpaired) electrons. The smallest absolute Gasteiger partial charge is 0.188 e. The third-order valence-electron chi connectivity index (χ3n) is 3.47. The summed E-state index contributed by atoms with van der Waals surface area (Å²) < 4.78 is 0. The van der Waals surface area contributed by atoms with Crippen LogP contribution in [0, 0.1) is 11.3 Å². The van der Waals surface area contributed by atoms with Crippen molar-refractivity contribution in [1.29, 1.82) is 0 Å². The predicted molar refractivity (Wildman–Crippen MR) is 67.1 cm³/mol. The lowest BCUT2D eigenvalue weighted by atomic mass is 9.73. The van der Waals surface area contributed by atoms with Gasteiger partial charge in [0, 0.05) is 11.8 Å². The fraction of sp³-hybridized carbons (Fsp3) is 0.692. The van der Waals surface area contributed by atoms with Crippen LogP contribution in [0.4, 0.5) is 0 Å². The highest BCUT2D eigenvalue weighted by atomic mass is 32.1. The standard InChI is InChI=1S/C13H19NOS/c1-8(15)12-14-10-6-5-9(13(2,3)4)7-11(10)16-12/h9H,5-7H2,1-4H3. The van der Waals surface area contributed by atoms with Crippen molar-refractivity contribution in [3.63, 3.8) is 0 Å². The van der Waals surface area contributed by atoms with Crippen molar-refractivity contribution >= 4 is 17.1 Å². The average Bonchev–Trinajstić information content (AvgIpc) is 2.58. The van der Waals surface area contributed by atoms with Gasteiger partial charge in [-0.05, 0) is 30.6 Å². The molecule has 1 heterocycles. The molecule has 0 saturated heterocycles. The molecule has 1 aromatic heterocycles. The van der Waals surface area contributed by atoms with Gasteiger partial charge in [-0.1, -0.05) is 20.8 Å². The van der Waals surface area contributed by atoms with Crippen LogP contribution in [0.15, 0.2) is 0 Å². The van der Waals surface area contributed by atoms with Gasteiger partial charge in [-0.15, -0.1) is 11.3 Å². The molecule has 0 aliphatic heterocycles. The Labute approximate surface area is 101 Å². The second kappa shape index (κ2) is 3.95. The van der Waals surface area contributed by atoms with E-state index in [0.29, 0.717) is 10.4 Å². The maximum absolute atomic E-state index is 11.3. The number of fused-ring (bicyclic) bond motifs is 1. The Morgan fingerprint density at radius 2 is 2.12 bits per heavy atom. The Morgan fingerprint density at radius 1 is 1.44 bits per heavy atom. The summed E-state index contributed by atoms with van der Waals surface area (Å²) in [6.07, 6.45) is 3.35. The van der Waals surface area contributed by atoms with Crippen LogP contribution in [0.3, 0.4) is 0 Å². The van der Waals surface area contributed by atoms with Crippen molar-refractivity contribution in [2.75, 3.05) is 0 Å². The summed E-state index contributed by atoms with van der Waals surface area (Å²) in [6.45, 7) is 8.51. The van der Waals surface area contributed by atoms with Crippen LogP contribution in [0.25, 0.3) is 0 Å². The molecule has 1 aliphatic rings. The molecule has 0 saturated carbocycles. The summed E-state index contributed by atoms with van der Waals surface area (Å²) >= 11 is 1.60. The molecule has 0 fully saturated rings. The molecule has 2 nitrogen and oxygen atoms in total. The maximum atomic E-state index is 11.3. The van der Waals surface area contributed by atoms with Gasteiger partial charge < -0.3 is 0 Å². The summed E-state index contributed by atoms with van der Waals surface area (Å²) in [5, 5.41) is 0.694. The monoisotopic (exact) mass is 237 g/mol. The lowest BCUT2D eigenvalue weighted by Gasteiger charge is -2.33. The van der Waals surface area contributed by atoms with E-state index in [1.54, 1.807) is 18.3 Å². The van der Waals surface area contributed by atoms with E-state index in [0.717, 1.165) is 18.8 Å². The Kier molecular flexibility index (Phi) is 2.91. The number of aromatic nitrogens is 1. The highest BCUT2D eigenvalue weighted by molar-refractivity contribution is 7.13. The van der Waals surface area contributed by atoms with E-state index >= 15 is 0 Å². The number of nitrogens with zero attached hydrogens (tertiary/aromatic N) is 1. The van der Waals surface area contributed by atoms with Crippen molar-refractivity contribution in [2.24, 2.45) is 11.3 Å². The molecule has 3 heteroatoms. The fourth-order valence-corrected chi connectivity index (χ4v) is 3.35. The minimum atomic E-state index is 0.103. The molecular weight excluding hydrogens is 218 g/mol. The maximum Gasteiger partial charge on any atom is 0.188 e. The van der Waals surface area contributed by atoms with Gasteiger partial charge in [0.1, 0.15) is 0 Å². The Bertz CT molecular complexity index is 414. The molecule has 1 unspecified atom stereocenters. The summed E-state index contributed by atoms with van der Waals surface area (Å²) in [6, 6.07) is 0. The largest absolute Gasteiger partial charge is 0.292 e. The zero-order valence-electron chi connectivity index (χ0n) is 10.5. The first kappa shape index (κ1) is 11.8. The Balaban J connectivity index is 2.24. The number of carbonyl (C=O) groups excluding carboxylic acids is 1. The van der Waals surface area contributed by atoms with Gasteiger partial charge in [-0.3, -0.25) is 4.79 Å². The van der Waals surface area contributed by atoms with Crippen LogP contribution in [-0.2, 0) is 12.8 Å². The van der Waals surface area contributed by atoms with Gasteiger partial charge in [0.05, 0.1) is 5.69 Å². The number of ketones is 1. The van der Waals surface area contributed by atoms with E-state index in [-0.39, 0.29) is 5.78 Å². The van der Waals surface area contributed by atoms with Crippen LogP contribution in [0.1, 0.15) is 54.5 Å². The SMILES string of the molecule is CC(=O)c1nc2c(s1)CC(C(C)(C)C)CC2. The van der Waals surface area contributed by atoms with Gasteiger partial charge in [-0.25, -0.2) is 4.98 Å². The highest BCUT2D eigenvalue weighted by Crippen LogP contribution is 2.39. The molecule has 2 rings (SSSR count). The third kappa shape index (κ3) is 2.19. The van der Waals surface area contributed by atoms with Crippen molar-refractivity contribution in [2.45, 2.75) is 47.0 Å². The molecule has 1 aliphatic carbocycles. The minimum Gasteiger partial charge on any atom is -0.292 e. The van der Waals surface area contributed by atoms with Crippen LogP contribution >= 0.6 is 11.3 Å². The van der Waals surface area contributed by atoms with Gasteiger partial charge in [-0.2, -0.15) is 0 Å². The van der Waals surface area contributed by atoms with E-state index in [4.69, 9.17) is 0 Å². The Morgan fingerprint density at radius 3 is 2.69 bits per heavy atom. The lowest BCUT2D eigenvalue weighted by molar-refractivity contribution is 0.101. The van der Waals surface area contributed by atoms with E-state index in [1.807, 2.05) is 0 Å². The molecule has 0 amide bonds. The molecule has 16 heavy (non-hydrogen) atoms. The number of Topliss-reactive ketones (excluding diaryl/α,β-unsaturated/α-hetero) is 1. The number of carbonyl (C=O) groups is 1. The van der Waals surface area contributed by atoms with E-state index in [2.05, 4.69) is 25.8 Å². The van der Waals surface area contributed by atoms with Crippen molar-refractivity contribution < 1.29 is 4.79 Å². The van der Waals surface area contributed by atoms with E-state index < -0.39 is 0 Å². The van der Waals surface area contributed by atoms with Gasteiger partial charge in [0.15, 0.2) is 10.8 Å². The lowest BCUT2D eigenvalue weighted by Crippen LogP contribution is -2.26. The first-order valence-electron chi connectivity index (χ1n) is 5.87. The fourth-order valence-electron chi connectivity index (χ4n) is 2.26. The second-order valence-corrected chi connectivity index (χ2v) is 6.83. The van der Waals surface area contributed by atoms with Crippen LogP contribution in [0.5, 0.6) is 0 Å². The molecule has 1 atom stereocenters. The Hall–Kier alpha value is -0.700. The van der Waals surface area contributed by atoms with Crippen molar-refractivity contribution in [3.8, 4) is 0 Å². The number of thiazole rings is 1. The molecule has 0 spiro atoms. The van der Waals surface area contributed by atoms with E-state index in [9.17, 15) is 4.79 Å². The highest BCUT2D eigenvalue weighted by Gasteiger charge is 2.30. The summed E-state index contributed by atoms with van der Waals surface area (Å²) in [5.74, 6) is 0.826. The first-order valence-corrected chi connectivity index (χ1v) is 6.69. The molecule has 0 bridgehead atoms. The van der Waals surface area contributed by atoms with Gasteiger partial charge in [0.25, 0.3) is 0 Å². The molecule has 1 aromatic rings. The topological polar surface area (TPSA) is 30.0 Å². The first-order chi connectivity index (χ1) is 7.38. The number of hydrogen-bond donors (Lipinski definition) is 0. The van der Waals surface area contributed by atoms with Crippen LogP contribution in [0.2, 0.25) is 0 Å². The normalized spacial score (nSPS) is 20.6. The summed E-state index contributed by atoms with van der Waals surface area (Å²) in [7, 11) is 0. The summed E-state index contributed by atoms with van der Waals surface area (Å²) in [5.41, 5.74) is 1.54. The minimum absolute atomic E-state index is 0.103. The van der Waals surface area contributed by atoms with Gasteiger partial charge in [0.2, 0.25) is 0 Å². The quantitative estimate of drug-likeness (QED) is 0.700. The molecular formula is C13H19NOS. The number of hydrogen-bond acceptors (Lipinski definition) is 3. The number of rotatable bonds is 1. The second-order valence-electron chi connectivity index (χ2n) is 5.75.